The third-order valence-corrected chi connectivity index (χ3v) is 2.57. The molecule has 20 heavy (non-hydrogen) atoms. The second kappa shape index (κ2) is 8.50. The van der Waals surface area contributed by atoms with E-state index < -0.39 is 0 Å². The molecule has 0 aliphatic rings. The molecule has 1 N–H and O–H groups in total. The smallest absolute Gasteiger partial charge is 0.292 e. The summed E-state index contributed by atoms with van der Waals surface area (Å²) >= 11 is 0. The molecule has 0 aromatic heterocycles. The minimum atomic E-state index is -0.386. The predicted molar refractivity (Wildman–Crippen MR) is 78.0 cm³/mol. The third kappa shape index (κ3) is 5.54. The van der Waals surface area contributed by atoms with E-state index in [1.54, 1.807) is 12.1 Å². The van der Waals surface area contributed by atoms with E-state index in [-0.39, 0.29) is 16.7 Å². The first kappa shape index (κ1) is 16.4. The highest BCUT2D eigenvalue weighted by Crippen LogP contribution is 2.25. The van der Waals surface area contributed by atoms with Crippen LogP contribution in [0, 0.1) is 10.1 Å². The minimum absolute atomic E-state index is 0.0754. The molecular weight excluding hydrogens is 260 g/mol. The van der Waals surface area contributed by atoms with Crippen molar-refractivity contribution in [2.24, 2.45) is 0 Å². The number of hydrogen-bond donors (Lipinski definition) is 1. The van der Waals surface area contributed by atoms with Crippen LogP contribution in [0.15, 0.2) is 18.2 Å². The average Bonchev–Trinajstić information content (AvgIpc) is 2.39. The lowest BCUT2D eigenvalue weighted by molar-refractivity contribution is -0.384. The van der Waals surface area contributed by atoms with Crippen molar-refractivity contribution in [1.29, 1.82) is 0 Å². The van der Waals surface area contributed by atoms with Crippen molar-refractivity contribution in [3.8, 4) is 0 Å². The third-order valence-electron chi connectivity index (χ3n) is 2.57. The fourth-order valence-corrected chi connectivity index (χ4v) is 1.69. The fourth-order valence-electron chi connectivity index (χ4n) is 1.69. The number of benzene rings is 1. The minimum Gasteiger partial charge on any atom is -0.380 e. The molecular formula is C14H22N2O4. The monoisotopic (exact) mass is 282 g/mol. The van der Waals surface area contributed by atoms with Crippen LogP contribution in [0.5, 0.6) is 0 Å². The highest BCUT2D eigenvalue weighted by molar-refractivity contribution is 5.62. The molecule has 0 aliphatic heterocycles. The molecule has 0 saturated heterocycles. The average molecular weight is 282 g/mol. The van der Waals surface area contributed by atoms with Gasteiger partial charge in [-0.2, -0.15) is 0 Å². The normalized spacial score (nSPS) is 10.8. The SMILES string of the molecule is CCNc1ccc(COCCOC(C)C)cc1[N+](=O)[O-]. The Kier molecular flexibility index (Phi) is 6.97. The van der Waals surface area contributed by atoms with Gasteiger partial charge in [0, 0.05) is 12.6 Å². The van der Waals surface area contributed by atoms with Crippen LogP contribution in [-0.2, 0) is 16.1 Å². The summed E-state index contributed by atoms with van der Waals surface area (Å²) < 4.78 is 10.8. The summed E-state index contributed by atoms with van der Waals surface area (Å²) in [6.07, 6.45) is 0.180. The summed E-state index contributed by atoms with van der Waals surface area (Å²) in [6.45, 7) is 7.80. The van der Waals surface area contributed by atoms with Gasteiger partial charge in [-0.25, -0.2) is 0 Å². The van der Waals surface area contributed by atoms with Crippen LogP contribution < -0.4 is 5.32 Å². The Balaban J connectivity index is 2.54. The van der Waals surface area contributed by atoms with Gasteiger partial charge in [0.1, 0.15) is 5.69 Å². The number of ether oxygens (including phenoxy) is 2. The molecule has 1 aromatic rings. The van der Waals surface area contributed by atoms with Crippen LogP contribution in [0.25, 0.3) is 0 Å². The van der Waals surface area contributed by atoms with E-state index in [9.17, 15) is 10.1 Å². The van der Waals surface area contributed by atoms with Gasteiger partial charge in [-0.05, 0) is 32.4 Å². The van der Waals surface area contributed by atoms with Crippen LogP contribution in [0.1, 0.15) is 26.3 Å². The fraction of sp³-hybridized carbons (Fsp3) is 0.571. The zero-order valence-corrected chi connectivity index (χ0v) is 12.2. The van der Waals surface area contributed by atoms with Gasteiger partial charge < -0.3 is 14.8 Å². The zero-order valence-electron chi connectivity index (χ0n) is 12.2. The lowest BCUT2D eigenvalue weighted by Crippen LogP contribution is -2.09. The lowest BCUT2D eigenvalue weighted by atomic mass is 10.2. The summed E-state index contributed by atoms with van der Waals surface area (Å²) in [7, 11) is 0. The topological polar surface area (TPSA) is 73.6 Å². The van der Waals surface area contributed by atoms with E-state index in [0.29, 0.717) is 32.1 Å². The summed E-state index contributed by atoms with van der Waals surface area (Å²) in [5, 5.41) is 14.0. The molecule has 0 heterocycles. The molecule has 0 amide bonds. The summed E-state index contributed by atoms with van der Waals surface area (Å²) in [4.78, 5) is 10.6. The van der Waals surface area contributed by atoms with Gasteiger partial charge >= 0.3 is 0 Å². The number of nitro groups is 1. The maximum absolute atomic E-state index is 11.0. The molecule has 0 aliphatic carbocycles. The molecule has 1 aromatic carbocycles. The highest BCUT2D eigenvalue weighted by Gasteiger charge is 2.13. The summed E-state index contributed by atoms with van der Waals surface area (Å²) in [5.74, 6) is 0. The Morgan fingerprint density at radius 1 is 1.35 bits per heavy atom. The number of hydrogen-bond acceptors (Lipinski definition) is 5. The Morgan fingerprint density at radius 3 is 2.70 bits per heavy atom. The summed E-state index contributed by atoms with van der Waals surface area (Å²) in [5.41, 5.74) is 1.39. The standard InChI is InChI=1S/C14H22N2O4/c1-4-15-13-6-5-12(9-14(13)16(17)18)10-19-7-8-20-11(2)3/h5-6,9,11,15H,4,7-8,10H2,1-3H3. The molecule has 0 spiro atoms. The Hall–Kier alpha value is -1.66. The quantitative estimate of drug-likeness (QED) is 0.428. The number of rotatable bonds is 9. The van der Waals surface area contributed by atoms with Crippen LogP contribution in [0.3, 0.4) is 0 Å². The number of nitro benzene ring substituents is 1. The summed E-state index contributed by atoms with van der Waals surface area (Å²) in [6, 6.07) is 5.08. The number of nitrogens with zero attached hydrogens (tertiary/aromatic N) is 1. The molecule has 0 fully saturated rings. The first-order valence-corrected chi connectivity index (χ1v) is 6.75. The molecule has 0 unspecified atom stereocenters. The molecule has 1 rings (SSSR count). The van der Waals surface area contributed by atoms with Gasteiger partial charge in [-0.1, -0.05) is 6.07 Å². The van der Waals surface area contributed by atoms with Gasteiger partial charge in [0.15, 0.2) is 0 Å². The van der Waals surface area contributed by atoms with E-state index >= 15 is 0 Å². The van der Waals surface area contributed by atoms with Crippen LogP contribution in [0.2, 0.25) is 0 Å². The van der Waals surface area contributed by atoms with Gasteiger partial charge in [0.2, 0.25) is 0 Å². The zero-order chi connectivity index (χ0) is 15.0. The van der Waals surface area contributed by atoms with Crippen molar-refractivity contribution in [2.45, 2.75) is 33.5 Å². The Bertz CT molecular complexity index is 435. The van der Waals surface area contributed by atoms with E-state index in [1.807, 2.05) is 26.8 Å². The van der Waals surface area contributed by atoms with Crippen LogP contribution in [-0.4, -0.2) is 30.8 Å². The molecule has 0 radical (unpaired) electrons. The van der Waals surface area contributed by atoms with Gasteiger partial charge in [-0.15, -0.1) is 0 Å². The van der Waals surface area contributed by atoms with E-state index in [1.165, 1.54) is 0 Å². The van der Waals surface area contributed by atoms with Gasteiger partial charge in [-0.3, -0.25) is 10.1 Å². The largest absolute Gasteiger partial charge is 0.380 e. The molecule has 6 heteroatoms. The van der Waals surface area contributed by atoms with Crippen molar-refractivity contribution >= 4 is 11.4 Å². The highest BCUT2D eigenvalue weighted by atomic mass is 16.6. The molecule has 112 valence electrons. The molecule has 0 bridgehead atoms. The van der Waals surface area contributed by atoms with Crippen LogP contribution >= 0.6 is 0 Å². The maximum Gasteiger partial charge on any atom is 0.292 e. The van der Waals surface area contributed by atoms with Gasteiger partial charge in [0.25, 0.3) is 5.69 Å². The van der Waals surface area contributed by atoms with Gasteiger partial charge in [0.05, 0.1) is 30.8 Å². The van der Waals surface area contributed by atoms with Crippen LogP contribution in [0.4, 0.5) is 11.4 Å². The number of anilines is 1. The molecule has 0 atom stereocenters. The maximum atomic E-state index is 11.0. The van der Waals surface area contributed by atoms with E-state index in [2.05, 4.69) is 5.32 Å². The Morgan fingerprint density at radius 2 is 2.10 bits per heavy atom. The van der Waals surface area contributed by atoms with Crippen molar-refractivity contribution in [1.82, 2.24) is 0 Å². The van der Waals surface area contributed by atoms with E-state index in [4.69, 9.17) is 9.47 Å². The van der Waals surface area contributed by atoms with Crippen molar-refractivity contribution in [3.63, 3.8) is 0 Å². The lowest BCUT2D eigenvalue weighted by Gasteiger charge is -2.09. The second-order valence-electron chi connectivity index (χ2n) is 4.61. The first-order chi connectivity index (χ1) is 9.54. The first-order valence-electron chi connectivity index (χ1n) is 6.75. The Labute approximate surface area is 119 Å². The van der Waals surface area contributed by atoms with E-state index in [0.717, 1.165) is 5.56 Å². The van der Waals surface area contributed by atoms with Crippen molar-refractivity contribution in [3.05, 3.63) is 33.9 Å². The molecule has 0 saturated carbocycles. The number of nitrogens with one attached hydrogen (secondary N) is 1. The van der Waals surface area contributed by atoms with Crippen molar-refractivity contribution < 1.29 is 14.4 Å². The van der Waals surface area contributed by atoms with Crippen molar-refractivity contribution in [2.75, 3.05) is 25.1 Å². The molecule has 6 nitrogen and oxygen atoms in total. The second-order valence-corrected chi connectivity index (χ2v) is 4.61. The predicted octanol–water partition coefficient (Wildman–Crippen LogP) is 2.97.